The van der Waals surface area contributed by atoms with Crippen LogP contribution in [0.1, 0.15) is 126 Å². The van der Waals surface area contributed by atoms with Crippen molar-refractivity contribution in [1.29, 1.82) is 0 Å². The van der Waals surface area contributed by atoms with Crippen molar-refractivity contribution in [2.24, 2.45) is 0 Å². The number of fused-ring (bicyclic) bond motifs is 2. The summed E-state index contributed by atoms with van der Waals surface area (Å²) in [6, 6.07) is 24.6. The van der Waals surface area contributed by atoms with Gasteiger partial charge in [0, 0.05) is 38.0 Å². The molecule has 49 heavy (non-hydrogen) atoms. The molecule has 0 aliphatic carbocycles. The van der Waals surface area contributed by atoms with Crippen LogP contribution in [0.3, 0.4) is 0 Å². The molecule has 262 valence electrons. The van der Waals surface area contributed by atoms with E-state index in [1.165, 1.54) is 132 Å². The van der Waals surface area contributed by atoms with Crippen molar-refractivity contribution in [3.05, 3.63) is 126 Å². The topological polar surface area (TPSA) is 15.3 Å². The summed E-state index contributed by atoms with van der Waals surface area (Å²) in [6.07, 6.45) is 19.1. The molecule has 0 amide bonds. The van der Waals surface area contributed by atoms with Gasteiger partial charge >= 0.3 is 0 Å². The molecular weight excluding hydrogens is 593 g/mol. The molecule has 2 heteroatoms. The van der Waals surface area contributed by atoms with Gasteiger partial charge in [-0.1, -0.05) is 170 Å². The van der Waals surface area contributed by atoms with E-state index in [4.69, 9.17) is 0 Å². The second kappa shape index (κ2) is 20.0. The summed E-state index contributed by atoms with van der Waals surface area (Å²) in [6.45, 7) is 21.7. The first-order valence-electron chi connectivity index (χ1n) is 19.3. The first-order chi connectivity index (χ1) is 23.8. The number of benzene rings is 4. The van der Waals surface area contributed by atoms with Crippen LogP contribution in [0, 0.1) is 0 Å². The van der Waals surface area contributed by atoms with E-state index in [1.54, 1.807) is 0 Å². The third kappa shape index (κ3) is 11.1. The number of hydrogen-bond acceptors (Lipinski definition) is 2. The van der Waals surface area contributed by atoms with E-state index in [0.29, 0.717) is 0 Å². The van der Waals surface area contributed by atoms with Gasteiger partial charge in [0.15, 0.2) is 0 Å². The Bertz CT molecular complexity index is 1620. The second-order valence-electron chi connectivity index (χ2n) is 14.4. The van der Waals surface area contributed by atoms with Gasteiger partial charge in [-0.25, -0.2) is 0 Å². The molecule has 0 aromatic heterocycles. The fourth-order valence-corrected chi connectivity index (χ4v) is 7.35. The van der Waals surface area contributed by atoms with Gasteiger partial charge in [0.1, 0.15) is 0 Å². The fourth-order valence-electron chi connectivity index (χ4n) is 7.35. The van der Waals surface area contributed by atoms with Gasteiger partial charge in [0.25, 0.3) is 0 Å². The predicted octanol–water partition coefficient (Wildman–Crippen LogP) is 13.1. The molecule has 0 radical (unpaired) electrons. The number of rotatable bonds is 23. The van der Waals surface area contributed by atoms with Gasteiger partial charge in [-0.2, -0.15) is 0 Å². The predicted molar refractivity (Wildman–Crippen MR) is 218 cm³/mol. The largest absolute Gasteiger partial charge is 0.385 e. The zero-order valence-corrected chi connectivity index (χ0v) is 31.4. The summed E-state index contributed by atoms with van der Waals surface area (Å²) in [7, 11) is 2.19. The highest BCUT2D eigenvalue weighted by molar-refractivity contribution is 6.05. The summed E-state index contributed by atoms with van der Waals surface area (Å²) in [5, 5.41) is 9.04. The maximum absolute atomic E-state index is 4.59. The molecule has 0 spiro atoms. The number of likely N-dealkylation sites (N-methyl/N-ethyl adjacent to an activating group) is 1. The third-order valence-corrected chi connectivity index (χ3v) is 10.3. The van der Waals surface area contributed by atoms with E-state index >= 15 is 0 Å². The zero-order chi connectivity index (χ0) is 35.0. The van der Waals surface area contributed by atoms with Crippen molar-refractivity contribution in [2.45, 2.75) is 124 Å². The normalized spacial score (nSPS) is 11.3. The molecule has 0 atom stereocenters. The van der Waals surface area contributed by atoms with Crippen LogP contribution >= 0.6 is 0 Å². The second-order valence-corrected chi connectivity index (χ2v) is 14.4. The Hall–Kier alpha value is -3.78. The van der Waals surface area contributed by atoms with Gasteiger partial charge in [-0.05, 0) is 81.6 Å². The van der Waals surface area contributed by atoms with E-state index in [-0.39, 0.29) is 0 Å². The maximum Gasteiger partial charge on any atom is 0.0435 e. The monoisotopic (exact) mass is 657 g/mol. The first-order valence-corrected chi connectivity index (χ1v) is 19.3. The van der Waals surface area contributed by atoms with Gasteiger partial charge in [0.2, 0.25) is 0 Å². The van der Waals surface area contributed by atoms with Crippen molar-refractivity contribution in [2.75, 3.05) is 13.6 Å². The Morgan fingerprint density at radius 3 is 1.63 bits per heavy atom. The van der Waals surface area contributed by atoms with Crippen LogP contribution in [-0.4, -0.2) is 18.5 Å². The number of nitrogens with zero attached hydrogens (tertiary/aromatic N) is 1. The Morgan fingerprint density at radius 1 is 0.612 bits per heavy atom. The van der Waals surface area contributed by atoms with Crippen LogP contribution < -0.4 is 5.32 Å². The molecule has 2 nitrogen and oxygen atoms in total. The van der Waals surface area contributed by atoms with E-state index in [1.807, 2.05) is 0 Å². The summed E-state index contributed by atoms with van der Waals surface area (Å²) in [4.78, 5) is 2.34. The van der Waals surface area contributed by atoms with Crippen molar-refractivity contribution < 1.29 is 0 Å². The van der Waals surface area contributed by atoms with Crippen LogP contribution in [-0.2, 0) is 25.8 Å². The van der Waals surface area contributed by atoms with Crippen molar-refractivity contribution in [1.82, 2.24) is 10.2 Å². The number of aryl methyl sites for hydroxylation is 1. The third-order valence-electron chi connectivity index (χ3n) is 10.3. The fraction of sp³-hybridized carbons (Fsp3) is 0.447. The summed E-state index contributed by atoms with van der Waals surface area (Å²) in [5.41, 5.74) is 9.92. The molecule has 0 fully saturated rings. The maximum atomic E-state index is 4.59. The smallest absolute Gasteiger partial charge is 0.0435 e. The van der Waals surface area contributed by atoms with Crippen LogP contribution in [0.25, 0.3) is 27.2 Å². The lowest BCUT2D eigenvalue weighted by atomic mass is 9.90. The minimum Gasteiger partial charge on any atom is -0.385 e. The molecule has 0 aliphatic heterocycles. The summed E-state index contributed by atoms with van der Waals surface area (Å²) >= 11 is 0. The van der Waals surface area contributed by atoms with E-state index in [9.17, 15) is 0 Å². The minimum atomic E-state index is 0.807. The van der Waals surface area contributed by atoms with Gasteiger partial charge in [0.05, 0.1) is 0 Å². The summed E-state index contributed by atoms with van der Waals surface area (Å²) < 4.78 is 0. The molecule has 0 heterocycles. The molecule has 4 rings (SSSR count). The highest BCUT2D eigenvalue weighted by Crippen LogP contribution is 2.34. The van der Waals surface area contributed by atoms with Crippen LogP contribution in [0.4, 0.5) is 0 Å². The number of allylic oxidation sites excluding steroid dienone is 2. The molecule has 1 N–H and O–H groups in total. The molecular formula is C47H64N2. The number of nitrogens with one attached hydrogen (secondary N) is 1. The van der Waals surface area contributed by atoms with Gasteiger partial charge in [-0.3, -0.25) is 0 Å². The highest BCUT2D eigenvalue weighted by atomic mass is 15.1. The lowest BCUT2D eigenvalue weighted by Gasteiger charge is -2.26. The number of unbranched alkanes of at least 4 members (excludes halogenated alkanes) is 11. The average molecular weight is 657 g/mol. The number of hydrogen-bond donors (Lipinski definition) is 1. The molecule has 0 aliphatic rings. The zero-order valence-electron chi connectivity index (χ0n) is 31.4. The van der Waals surface area contributed by atoms with Gasteiger partial charge < -0.3 is 10.2 Å². The molecule has 0 saturated heterocycles. The Morgan fingerprint density at radius 2 is 1.12 bits per heavy atom. The van der Waals surface area contributed by atoms with E-state index < -0.39 is 0 Å². The lowest BCUT2D eigenvalue weighted by Crippen LogP contribution is -2.19. The SMILES string of the molecule is C=C(C)Cc1cc(C(=C)NCCCCCCCCCCCCCC)ccc1CC(=C)N(C)Cc1c2ccccc2c(CC)c2ccccc12. The van der Waals surface area contributed by atoms with Crippen molar-refractivity contribution >= 4 is 27.2 Å². The van der Waals surface area contributed by atoms with Gasteiger partial charge in [-0.15, -0.1) is 0 Å². The molecule has 0 saturated carbocycles. The molecule has 0 unspecified atom stereocenters. The van der Waals surface area contributed by atoms with Crippen LogP contribution in [0.15, 0.2) is 97.7 Å². The highest BCUT2D eigenvalue weighted by Gasteiger charge is 2.16. The first kappa shape index (κ1) is 38.0. The quantitative estimate of drug-likeness (QED) is 0.0485. The van der Waals surface area contributed by atoms with Crippen molar-refractivity contribution in [3.8, 4) is 0 Å². The Kier molecular flexibility index (Phi) is 15.5. The molecule has 4 aromatic rings. The minimum absolute atomic E-state index is 0.807. The van der Waals surface area contributed by atoms with Crippen LogP contribution in [0.5, 0.6) is 0 Å². The van der Waals surface area contributed by atoms with E-state index in [0.717, 1.165) is 43.7 Å². The Labute approximate surface area is 299 Å². The summed E-state index contributed by atoms with van der Waals surface area (Å²) in [5.74, 6) is 0. The van der Waals surface area contributed by atoms with Crippen LogP contribution in [0.2, 0.25) is 0 Å². The standard InChI is InChI=1S/C47H64N2/c1-8-10-11-12-13-14-15-16-17-18-19-24-31-48-38(6)39-29-30-40(41(34-39)32-36(3)4)33-37(5)49(7)35-47-45-27-22-20-25-43(45)42(9-2)44-26-21-23-28-46(44)47/h20-23,25-30,34,48H,3,5-6,8-19,24,31-33,35H2,1-2,4,7H3. The Balaban J connectivity index is 1.32. The van der Waals surface area contributed by atoms with E-state index in [2.05, 4.69) is 125 Å². The average Bonchev–Trinajstić information content (AvgIpc) is 3.10. The molecule has 4 aromatic carbocycles. The van der Waals surface area contributed by atoms with Crippen molar-refractivity contribution in [3.63, 3.8) is 0 Å². The lowest BCUT2D eigenvalue weighted by molar-refractivity contribution is 0.406. The molecule has 0 bridgehead atoms.